The lowest BCUT2D eigenvalue weighted by molar-refractivity contribution is -0.0327. The van der Waals surface area contributed by atoms with Gasteiger partial charge in [0.25, 0.3) is 0 Å². The minimum atomic E-state index is -0.340. The van der Waals surface area contributed by atoms with E-state index in [0.29, 0.717) is 26.4 Å². The van der Waals surface area contributed by atoms with E-state index < -0.39 is 0 Å². The molecule has 2 aliphatic rings. The van der Waals surface area contributed by atoms with E-state index in [1.165, 1.54) is 12.5 Å². The standard InChI is InChI=1S/C14H22O5/c1-5-16-11(3)13(9-18-13)7-15-8-14(10-19-14)12(4)17-6-2/h5-6,11-12H,1-2,7-10H2,3-4H3. The Morgan fingerprint density at radius 2 is 1.37 bits per heavy atom. The quantitative estimate of drug-likeness (QED) is 0.446. The van der Waals surface area contributed by atoms with Crippen LogP contribution in [0.1, 0.15) is 13.8 Å². The Labute approximate surface area is 114 Å². The van der Waals surface area contributed by atoms with Gasteiger partial charge in [0, 0.05) is 0 Å². The highest BCUT2D eigenvalue weighted by atomic mass is 16.7. The van der Waals surface area contributed by atoms with E-state index in [2.05, 4.69) is 13.2 Å². The van der Waals surface area contributed by atoms with Crippen molar-refractivity contribution in [3.8, 4) is 0 Å². The first kappa shape index (κ1) is 14.4. The zero-order valence-corrected chi connectivity index (χ0v) is 11.6. The molecule has 19 heavy (non-hydrogen) atoms. The second-order valence-corrected chi connectivity index (χ2v) is 5.09. The average molecular weight is 270 g/mol. The molecule has 0 aromatic rings. The summed E-state index contributed by atoms with van der Waals surface area (Å²) in [7, 11) is 0. The summed E-state index contributed by atoms with van der Waals surface area (Å²) in [6.45, 7) is 13.3. The Bertz CT molecular complexity index is 301. The van der Waals surface area contributed by atoms with Crippen LogP contribution in [0, 0.1) is 0 Å². The molecule has 5 nitrogen and oxygen atoms in total. The second-order valence-electron chi connectivity index (χ2n) is 5.09. The van der Waals surface area contributed by atoms with Crippen LogP contribution in [-0.2, 0) is 23.7 Å². The third-order valence-electron chi connectivity index (χ3n) is 3.81. The summed E-state index contributed by atoms with van der Waals surface area (Å²) in [4.78, 5) is 0. The summed E-state index contributed by atoms with van der Waals surface area (Å²) in [6, 6.07) is 0. The van der Waals surface area contributed by atoms with E-state index in [-0.39, 0.29) is 23.4 Å². The van der Waals surface area contributed by atoms with E-state index in [9.17, 15) is 0 Å². The van der Waals surface area contributed by atoms with Crippen molar-refractivity contribution in [2.24, 2.45) is 0 Å². The first-order chi connectivity index (χ1) is 9.08. The lowest BCUT2D eigenvalue weighted by Gasteiger charge is -2.23. The number of rotatable bonds is 10. The molecule has 2 fully saturated rings. The van der Waals surface area contributed by atoms with Crippen molar-refractivity contribution in [3.63, 3.8) is 0 Å². The molecule has 0 aromatic heterocycles. The summed E-state index contributed by atoms with van der Waals surface area (Å²) in [5, 5.41) is 0. The van der Waals surface area contributed by atoms with Gasteiger partial charge >= 0.3 is 0 Å². The van der Waals surface area contributed by atoms with E-state index in [1.54, 1.807) is 0 Å². The molecule has 0 aliphatic carbocycles. The summed E-state index contributed by atoms with van der Waals surface area (Å²) in [5.74, 6) is 0. The van der Waals surface area contributed by atoms with Gasteiger partial charge in [0.05, 0.1) is 39.0 Å². The Morgan fingerprint density at radius 3 is 1.63 bits per heavy atom. The van der Waals surface area contributed by atoms with Crippen molar-refractivity contribution in [2.45, 2.75) is 37.3 Å². The molecule has 4 atom stereocenters. The minimum absolute atomic E-state index is 0.0667. The topological polar surface area (TPSA) is 52.8 Å². The Kier molecular flexibility index (Phi) is 4.18. The molecular weight excluding hydrogens is 248 g/mol. The van der Waals surface area contributed by atoms with Crippen LogP contribution in [0.2, 0.25) is 0 Å². The van der Waals surface area contributed by atoms with Gasteiger partial charge in [-0.2, -0.15) is 0 Å². The zero-order chi connectivity index (χ0) is 13.9. The summed E-state index contributed by atoms with van der Waals surface area (Å²) in [6.07, 6.45) is 2.73. The molecule has 0 bridgehead atoms. The predicted molar refractivity (Wildman–Crippen MR) is 69.7 cm³/mol. The highest BCUT2D eigenvalue weighted by Crippen LogP contribution is 2.36. The van der Waals surface area contributed by atoms with E-state index in [1.807, 2.05) is 13.8 Å². The lowest BCUT2D eigenvalue weighted by atomic mass is 10.1. The number of ether oxygens (including phenoxy) is 5. The van der Waals surface area contributed by atoms with Gasteiger partial charge in [-0.3, -0.25) is 0 Å². The molecule has 5 heteroatoms. The molecule has 0 aromatic carbocycles. The fourth-order valence-electron chi connectivity index (χ4n) is 1.99. The van der Waals surface area contributed by atoms with Gasteiger partial charge in [-0.25, -0.2) is 0 Å². The van der Waals surface area contributed by atoms with Gasteiger partial charge in [-0.15, -0.1) is 0 Å². The fourth-order valence-corrected chi connectivity index (χ4v) is 1.99. The normalized spacial score (nSPS) is 35.1. The molecule has 0 radical (unpaired) electrons. The molecule has 2 saturated heterocycles. The molecule has 2 aliphatic heterocycles. The van der Waals surface area contributed by atoms with Crippen LogP contribution in [0.15, 0.2) is 25.7 Å². The van der Waals surface area contributed by atoms with Crippen molar-refractivity contribution in [2.75, 3.05) is 26.4 Å². The number of hydrogen-bond acceptors (Lipinski definition) is 5. The third kappa shape index (κ3) is 3.11. The average Bonchev–Trinajstić information content (AvgIpc) is 3.25. The smallest absolute Gasteiger partial charge is 0.151 e. The molecule has 0 saturated carbocycles. The molecule has 2 heterocycles. The van der Waals surface area contributed by atoms with Crippen molar-refractivity contribution < 1.29 is 23.7 Å². The van der Waals surface area contributed by atoms with Crippen molar-refractivity contribution in [1.29, 1.82) is 0 Å². The summed E-state index contributed by atoms with van der Waals surface area (Å²) < 4.78 is 27.4. The highest BCUT2D eigenvalue weighted by Gasteiger charge is 2.54. The van der Waals surface area contributed by atoms with Gasteiger partial charge in [0.15, 0.2) is 11.2 Å². The summed E-state index contributed by atoms with van der Waals surface area (Å²) in [5.41, 5.74) is -0.681. The maximum Gasteiger partial charge on any atom is 0.151 e. The molecule has 0 N–H and O–H groups in total. The van der Waals surface area contributed by atoms with Crippen molar-refractivity contribution in [1.82, 2.24) is 0 Å². The zero-order valence-electron chi connectivity index (χ0n) is 11.6. The van der Waals surface area contributed by atoms with Gasteiger partial charge in [0.2, 0.25) is 0 Å². The molecule has 2 rings (SSSR count). The van der Waals surface area contributed by atoms with E-state index in [4.69, 9.17) is 23.7 Å². The monoisotopic (exact) mass is 270 g/mol. The molecule has 4 unspecified atom stereocenters. The first-order valence-electron chi connectivity index (χ1n) is 6.47. The van der Waals surface area contributed by atoms with E-state index in [0.717, 1.165) is 0 Å². The van der Waals surface area contributed by atoms with Crippen molar-refractivity contribution >= 4 is 0 Å². The van der Waals surface area contributed by atoms with E-state index >= 15 is 0 Å². The van der Waals surface area contributed by atoms with Crippen LogP contribution in [0.25, 0.3) is 0 Å². The van der Waals surface area contributed by atoms with Crippen LogP contribution in [0.3, 0.4) is 0 Å². The van der Waals surface area contributed by atoms with Crippen LogP contribution in [0.5, 0.6) is 0 Å². The number of epoxide rings is 2. The summed E-state index contributed by atoms with van der Waals surface area (Å²) >= 11 is 0. The van der Waals surface area contributed by atoms with Crippen LogP contribution in [0.4, 0.5) is 0 Å². The Balaban J connectivity index is 1.75. The maximum atomic E-state index is 5.74. The largest absolute Gasteiger partial charge is 0.496 e. The van der Waals surface area contributed by atoms with Crippen LogP contribution in [-0.4, -0.2) is 49.8 Å². The SMILES string of the molecule is C=COC(C)C1(COCC2(C(C)OC=C)CO2)CO1. The Morgan fingerprint density at radius 1 is 1.00 bits per heavy atom. The maximum absolute atomic E-state index is 5.74. The Hall–Kier alpha value is -1.04. The van der Waals surface area contributed by atoms with Gasteiger partial charge in [-0.1, -0.05) is 13.2 Å². The first-order valence-corrected chi connectivity index (χ1v) is 6.47. The van der Waals surface area contributed by atoms with Gasteiger partial charge in [-0.05, 0) is 13.8 Å². The van der Waals surface area contributed by atoms with Gasteiger partial charge < -0.3 is 23.7 Å². The fraction of sp³-hybridized carbons (Fsp3) is 0.714. The molecule has 108 valence electrons. The second kappa shape index (κ2) is 5.53. The molecule has 0 amide bonds. The van der Waals surface area contributed by atoms with Crippen molar-refractivity contribution in [3.05, 3.63) is 25.7 Å². The van der Waals surface area contributed by atoms with Gasteiger partial charge in [0.1, 0.15) is 12.2 Å². The van der Waals surface area contributed by atoms with Crippen LogP contribution < -0.4 is 0 Å². The third-order valence-corrected chi connectivity index (χ3v) is 3.81. The molecule has 0 spiro atoms. The lowest BCUT2D eigenvalue weighted by Crippen LogP contribution is -2.38. The molecular formula is C14H22O5. The minimum Gasteiger partial charge on any atom is -0.496 e. The number of hydrogen-bond donors (Lipinski definition) is 0. The van der Waals surface area contributed by atoms with Crippen LogP contribution >= 0.6 is 0 Å². The predicted octanol–water partition coefficient (Wildman–Crippen LogP) is 1.64. The highest BCUT2D eigenvalue weighted by molar-refractivity contribution is 5.01.